The van der Waals surface area contributed by atoms with Crippen LogP contribution in [0.25, 0.3) is 11.0 Å². The number of carbonyl (C=O) groups is 3. The number of ether oxygens (including phenoxy) is 1. The van der Waals surface area contributed by atoms with E-state index in [4.69, 9.17) is 20.8 Å². The number of carboxylic acids is 1. The molecule has 1 unspecified atom stereocenters. The number of ketones is 1. The Morgan fingerprint density at radius 1 is 1.05 bits per heavy atom. The average Bonchev–Trinajstić information content (AvgIpc) is 3.47. The fourth-order valence-electron chi connectivity index (χ4n) is 4.78. The second kappa shape index (κ2) is 10.4. The molecule has 1 atom stereocenters. The maximum atomic E-state index is 13.9. The number of aliphatic hydroxyl groups is 1. The Balaban J connectivity index is 1.58. The van der Waals surface area contributed by atoms with Crippen LogP contribution >= 0.6 is 11.6 Å². The Morgan fingerprint density at radius 3 is 2.33 bits per heavy atom. The number of carboxylic acid groups (broad SMARTS) is 1. The second-order valence-corrected chi connectivity index (χ2v) is 9.99. The van der Waals surface area contributed by atoms with Gasteiger partial charge >= 0.3 is 5.97 Å². The van der Waals surface area contributed by atoms with E-state index in [1.54, 1.807) is 36.4 Å². The summed E-state index contributed by atoms with van der Waals surface area (Å²) in [6.45, 7) is 0.0171. The molecule has 0 radical (unpaired) electrons. The monoisotopic (exact) mass is 560 g/mol. The summed E-state index contributed by atoms with van der Waals surface area (Å²) >= 11 is 6.18. The van der Waals surface area contributed by atoms with E-state index in [1.807, 2.05) is 31.1 Å². The molecular formula is C30H25ClN2O7. The van der Waals surface area contributed by atoms with Gasteiger partial charge in [-0.3, -0.25) is 9.59 Å². The maximum Gasteiger partial charge on any atom is 0.335 e. The van der Waals surface area contributed by atoms with Gasteiger partial charge in [-0.2, -0.15) is 0 Å². The Hall–Kier alpha value is -4.76. The molecule has 2 N–H and O–H groups in total. The summed E-state index contributed by atoms with van der Waals surface area (Å²) in [6, 6.07) is 17.1. The minimum Gasteiger partial charge on any atom is -0.503 e. The highest BCUT2D eigenvalue weighted by molar-refractivity contribution is 6.31. The first kappa shape index (κ1) is 26.8. The summed E-state index contributed by atoms with van der Waals surface area (Å²) in [7, 11) is 5.24. The molecule has 3 aromatic carbocycles. The molecule has 1 aromatic heterocycles. The first-order chi connectivity index (χ1) is 19.1. The zero-order valence-corrected chi connectivity index (χ0v) is 22.6. The standard InChI is InChI=1S/C30H25ClN2O7/c1-32(2)21-10-8-17(9-11-21)25-24(26(34)22-13-19-12-20(31)14-23(39-3)28(19)40-22)27(35)29(36)33(25)15-16-4-6-18(7-5-16)30(37)38/h4-14,25,35H,15H2,1-3H3,(H,37,38). The summed E-state index contributed by atoms with van der Waals surface area (Å²) in [4.78, 5) is 41.9. The second-order valence-electron chi connectivity index (χ2n) is 9.55. The van der Waals surface area contributed by atoms with Crippen LogP contribution < -0.4 is 9.64 Å². The third-order valence-electron chi connectivity index (χ3n) is 6.82. The SMILES string of the molecule is COc1cc(Cl)cc2cc(C(=O)C3=C(O)C(=O)N(Cc4ccc(C(=O)O)cc4)C3c3ccc(N(C)C)cc3)oc12. The van der Waals surface area contributed by atoms with Gasteiger partial charge in [0.25, 0.3) is 5.91 Å². The third-order valence-corrected chi connectivity index (χ3v) is 7.04. The quantitative estimate of drug-likeness (QED) is 0.266. The molecule has 0 spiro atoms. The van der Waals surface area contributed by atoms with Crippen LogP contribution in [0.3, 0.4) is 0 Å². The number of furan rings is 1. The van der Waals surface area contributed by atoms with Crippen LogP contribution in [-0.4, -0.2) is 54.0 Å². The summed E-state index contributed by atoms with van der Waals surface area (Å²) in [5.74, 6) is -2.90. The summed E-state index contributed by atoms with van der Waals surface area (Å²) in [5, 5.41) is 21.2. The number of Topliss-reactive ketones (excluding diaryl/α,β-unsaturated/α-hetero) is 1. The maximum absolute atomic E-state index is 13.9. The molecule has 9 nitrogen and oxygen atoms in total. The lowest BCUT2D eigenvalue weighted by molar-refractivity contribution is -0.130. The van der Waals surface area contributed by atoms with Crippen LogP contribution in [0.15, 0.2) is 82.5 Å². The number of aromatic carboxylic acids is 1. The van der Waals surface area contributed by atoms with Gasteiger partial charge in [0.2, 0.25) is 5.78 Å². The van der Waals surface area contributed by atoms with Crippen molar-refractivity contribution in [1.29, 1.82) is 0 Å². The predicted octanol–water partition coefficient (Wildman–Crippen LogP) is 5.64. The van der Waals surface area contributed by atoms with E-state index in [9.17, 15) is 24.6 Å². The zero-order chi connectivity index (χ0) is 28.7. The molecule has 5 rings (SSSR count). The molecular weight excluding hydrogens is 536 g/mol. The van der Waals surface area contributed by atoms with E-state index in [2.05, 4.69) is 0 Å². The van der Waals surface area contributed by atoms with Crippen molar-refractivity contribution in [2.45, 2.75) is 12.6 Å². The largest absolute Gasteiger partial charge is 0.503 e. The van der Waals surface area contributed by atoms with Crippen LogP contribution in [0.5, 0.6) is 5.75 Å². The van der Waals surface area contributed by atoms with Gasteiger partial charge in [-0.05, 0) is 47.5 Å². The Morgan fingerprint density at radius 2 is 1.73 bits per heavy atom. The van der Waals surface area contributed by atoms with Crippen LogP contribution in [0.1, 0.15) is 38.1 Å². The molecule has 1 aliphatic rings. The molecule has 2 heterocycles. The van der Waals surface area contributed by atoms with Crippen LogP contribution in [0.2, 0.25) is 5.02 Å². The van der Waals surface area contributed by atoms with Crippen molar-refractivity contribution in [3.63, 3.8) is 0 Å². The molecule has 10 heteroatoms. The Kier molecular flexibility index (Phi) is 6.99. The topological polar surface area (TPSA) is 121 Å². The number of rotatable bonds is 8. The molecule has 204 valence electrons. The van der Waals surface area contributed by atoms with E-state index in [-0.39, 0.29) is 23.4 Å². The first-order valence-corrected chi connectivity index (χ1v) is 12.6. The van der Waals surface area contributed by atoms with Crippen LogP contribution in [0, 0.1) is 0 Å². The van der Waals surface area contributed by atoms with Gasteiger partial charge in [0.05, 0.1) is 24.3 Å². The number of halogens is 1. The third kappa shape index (κ3) is 4.76. The zero-order valence-electron chi connectivity index (χ0n) is 21.8. The summed E-state index contributed by atoms with van der Waals surface area (Å²) < 4.78 is 11.2. The van der Waals surface area contributed by atoms with Crippen molar-refractivity contribution in [3.05, 3.63) is 106 Å². The van der Waals surface area contributed by atoms with E-state index in [1.165, 1.54) is 30.2 Å². The number of methoxy groups -OCH3 is 1. The number of amides is 1. The molecule has 0 fully saturated rings. The smallest absolute Gasteiger partial charge is 0.335 e. The van der Waals surface area contributed by atoms with Gasteiger partial charge < -0.3 is 29.2 Å². The van der Waals surface area contributed by atoms with E-state index in [0.717, 1.165) is 5.69 Å². The highest BCUT2D eigenvalue weighted by Crippen LogP contribution is 2.42. The molecule has 1 aliphatic heterocycles. The van der Waals surface area contributed by atoms with Crippen molar-refractivity contribution in [3.8, 4) is 5.75 Å². The van der Waals surface area contributed by atoms with Crippen molar-refractivity contribution in [1.82, 2.24) is 4.90 Å². The summed E-state index contributed by atoms with van der Waals surface area (Å²) in [6.07, 6.45) is 0. The molecule has 0 bridgehead atoms. The first-order valence-electron chi connectivity index (χ1n) is 12.2. The van der Waals surface area contributed by atoms with Crippen molar-refractivity contribution < 1.29 is 33.8 Å². The van der Waals surface area contributed by atoms with E-state index < -0.39 is 29.5 Å². The molecule has 40 heavy (non-hydrogen) atoms. The number of nitrogens with zero attached hydrogens (tertiary/aromatic N) is 2. The predicted molar refractivity (Wildman–Crippen MR) is 149 cm³/mol. The highest BCUT2D eigenvalue weighted by atomic mass is 35.5. The normalized spacial score (nSPS) is 15.2. The van der Waals surface area contributed by atoms with Gasteiger partial charge in [-0.1, -0.05) is 35.9 Å². The van der Waals surface area contributed by atoms with Gasteiger partial charge in [0.1, 0.15) is 0 Å². The van der Waals surface area contributed by atoms with Gasteiger partial charge in [0, 0.05) is 42.8 Å². The van der Waals surface area contributed by atoms with Crippen LogP contribution in [0.4, 0.5) is 5.69 Å². The van der Waals surface area contributed by atoms with E-state index in [0.29, 0.717) is 32.9 Å². The molecule has 0 aliphatic carbocycles. The molecule has 1 amide bonds. The van der Waals surface area contributed by atoms with Gasteiger partial charge in [-0.25, -0.2) is 4.79 Å². The number of hydrogen-bond acceptors (Lipinski definition) is 7. The fourth-order valence-corrected chi connectivity index (χ4v) is 5.00. The molecule has 0 saturated heterocycles. The minimum absolute atomic E-state index is 0.0171. The lowest BCUT2D eigenvalue weighted by atomic mass is 9.94. The molecule has 4 aromatic rings. The number of carbonyl (C=O) groups excluding carboxylic acids is 2. The number of fused-ring (bicyclic) bond motifs is 1. The van der Waals surface area contributed by atoms with Crippen molar-refractivity contribution >= 4 is 45.9 Å². The lowest BCUT2D eigenvalue weighted by Crippen LogP contribution is -2.30. The van der Waals surface area contributed by atoms with Crippen LogP contribution in [-0.2, 0) is 11.3 Å². The average molecular weight is 561 g/mol. The number of anilines is 1. The number of aliphatic hydroxyl groups excluding tert-OH is 1. The van der Waals surface area contributed by atoms with Crippen molar-refractivity contribution in [2.75, 3.05) is 26.1 Å². The minimum atomic E-state index is -1.07. The van der Waals surface area contributed by atoms with Gasteiger partial charge in [0.15, 0.2) is 22.9 Å². The molecule has 0 saturated carbocycles. The number of benzene rings is 3. The Labute approximate surface area is 234 Å². The highest BCUT2D eigenvalue weighted by Gasteiger charge is 2.44. The Bertz CT molecular complexity index is 1670. The van der Waals surface area contributed by atoms with Crippen molar-refractivity contribution in [2.24, 2.45) is 0 Å². The van der Waals surface area contributed by atoms with E-state index >= 15 is 0 Å². The number of hydrogen-bond donors (Lipinski definition) is 2. The van der Waals surface area contributed by atoms with Gasteiger partial charge in [-0.15, -0.1) is 0 Å². The fraction of sp³-hybridized carbons (Fsp3) is 0.167. The summed E-state index contributed by atoms with van der Waals surface area (Å²) in [5.41, 5.74) is 2.41. The lowest BCUT2D eigenvalue weighted by Gasteiger charge is -2.27.